The molecule has 31 heavy (non-hydrogen) atoms. The second-order valence-electron chi connectivity index (χ2n) is 6.63. The number of benzene rings is 2. The van der Waals surface area contributed by atoms with Crippen molar-refractivity contribution in [1.29, 1.82) is 0 Å². The molecular weight excluding hydrogens is 420 g/mol. The summed E-state index contributed by atoms with van der Waals surface area (Å²) >= 11 is 0. The molecule has 0 aliphatic carbocycles. The Balaban J connectivity index is 1.76. The van der Waals surface area contributed by atoms with Crippen LogP contribution < -0.4 is 19.5 Å². The number of hydrogen-bond donors (Lipinski definition) is 2. The first-order valence-electron chi connectivity index (χ1n) is 9.20. The summed E-state index contributed by atoms with van der Waals surface area (Å²) in [6, 6.07) is 12.1. The van der Waals surface area contributed by atoms with Crippen molar-refractivity contribution in [3.05, 3.63) is 65.6 Å². The fraction of sp³-hybridized carbons (Fsp3) is 0.190. The molecule has 0 unspecified atom stereocenters. The van der Waals surface area contributed by atoms with Crippen LogP contribution in [0.3, 0.4) is 0 Å². The third-order valence-electron chi connectivity index (χ3n) is 4.24. The van der Waals surface area contributed by atoms with E-state index in [0.717, 1.165) is 0 Å². The van der Waals surface area contributed by atoms with Crippen LogP contribution in [0.1, 0.15) is 21.9 Å². The van der Waals surface area contributed by atoms with Crippen LogP contribution in [-0.4, -0.2) is 38.5 Å². The van der Waals surface area contributed by atoms with E-state index in [9.17, 15) is 13.2 Å². The van der Waals surface area contributed by atoms with E-state index in [-0.39, 0.29) is 10.7 Å². The van der Waals surface area contributed by atoms with Crippen molar-refractivity contribution in [2.45, 2.75) is 18.7 Å². The third kappa shape index (κ3) is 5.48. The van der Waals surface area contributed by atoms with E-state index in [1.54, 1.807) is 38.1 Å². The van der Waals surface area contributed by atoms with Crippen molar-refractivity contribution >= 4 is 27.4 Å². The summed E-state index contributed by atoms with van der Waals surface area (Å²) in [5.74, 6) is 1.22. The largest absolute Gasteiger partial charge is 0.497 e. The van der Waals surface area contributed by atoms with Gasteiger partial charge in [0.15, 0.2) is 0 Å². The van der Waals surface area contributed by atoms with Crippen LogP contribution in [0.5, 0.6) is 11.5 Å². The number of carbonyl (C=O) groups excluding carboxylic acids is 1. The zero-order chi connectivity index (χ0) is 22.6. The summed E-state index contributed by atoms with van der Waals surface area (Å²) in [5, 5.41) is 2.72. The Morgan fingerprint density at radius 1 is 0.903 bits per heavy atom. The van der Waals surface area contributed by atoms with E-state index in [1.165, 1.54) is 38.5 Å². The molecule has 2 N–H and O–H groups in total. The van der Waals surface area contributed by atoms with E-state index in [1.807, 2.05) is 0 Å². The molecule has 1 amide bonds. The van der Waals surface area contributed by atoms with Gasteiger partial charge in [0.05, 0.1) is 19.1 Å². The lowest BCUT2D eigenvalue weighted by Gasteiger charge is -2.11. The second kappa shape index (κ2) is 9.00. The number of nitrogens with zero attached hydrogens (tertiary/aromatic N) is 2. The van der Waals surface area contributed by atoms with Crippen molar-refractivity contribution < 1.29 is 22.7 Å². The number of aryl methyl sites for hydroxylation is 2. The monoisotopic (exact) mass is 442 g/mol. The van der Waals surface area contributed by atoms with Gasteiger partial charge >= 0.3 is 0 Å². The molecule has 0 radical (unpaired) electrons. The van der Waals surface area contributed by atoms with Crippen molar-refractivity contribution in [3.8, 4) is 11.5 Å². The van der Waals surface area contributed by atoms with E-state index < -0.39 is 15.9 Å². The lowest BCUT2D eigenvalue weighted by Crippen LogP contribution is -2.15. The average Bonchev–Trinajstić information content (AvgIpc) is 2.72. The Hall–Kier alpha value is -3.66. The lowest BCUT2D eigenvalue weighted by molar-refractivity contribution is 0.102. The Morgan fingerprint density at radius 2 is 1.52 bits per heavy atom. The SMILES string of the molecule is COc1cc(OC)cc(C(=O)Nc2ccc(S(=O)(=O)Nc3cc(C)nc(C)n3)cc2)c1. The van der Waals surface area contributed by atoms with Gasteiger partial charge in [-0.15, -0.1) is 0 Å². The van der Waals surface area contributed by atoms with Crippen molar-refractivity contribution in [3.63, 3.8) is 0 Å². The summed E-state index contributed by atoms with van der Waals surface area (Å²) < 4.78 is 38.0. The predicted molar refractivity (Wildman–Crippen MR) is 116 cm³/mol. The molecule has 0 spiro atoms. The number of methoxy groups -OCH3 is 2. The maximum Gasteiger partial charge on any atom is 0.263 e. The summed E-state index contributed by atoms with van der Waals surface area (Å²) in [5.41, 5.74) is 1.42. The highest BCUT2D eigenvalue weighted by molar-refractivity contribution is 7.92. The van der Waals surface area contributed by atoms with Gasteiger partial charge in [0.1, 0.15) is 23.1 Å². The molecule has 0 bridgehead atoms. The first kappa shape index (κ1) is 22.0. The topological polar surface area (TPSA) is 120 Å². The normalized spacial score (nSPS) is 11.0. The van der Waals surface area contributed by atoms with Crippen LogP contribution in [0.15, 0.2) is 53.4 Å². The summed E-state index contributed by atoms with van der Waals surface area (Å²) in [7, 11) is -0.861. The number of nitrogens with one attached hydrogen (secondary N) is 2. The molecule has 9 nitrogen and oxygen atoms in total. The zero-order valence-electron chi connectivity index (χ0n) is 17.5. The zero-order valence-corrected chi connectivity index (χ0v) is 18.3. The molecule has 3 rings (SSSR count). The number of amides is 1. The Kier molecular flexibility index (Phi) is 6.40. The molecule has 0 saturated heterocycles. The number of aromatic nitrogens is 2. The molecule has 0 aliphatic heterocycles. The standard InChI is InChI=1S/C21H22N4O5S/c1-13-9-20(23-14(2)22-13)25-31(27,28)19-7-5-16(6-8-19)24-21(26)15-10-17(29-3)12-18(11-15)30-4/h5-12H,1-4H3,(H,24,26)(H,22,23,25). The van der Waals surface area contributed by atoms with Gasteiger partial charge in [-0.25, -0.2) is 18.4 Å². The van der Waals surface area contributed by atoms with Gasteiger partial charge in [0.25, 0.3) is 15.9 Å². The number of anilines is 2. The van der Waals surface area contributed by atoms with Gasteiger partial charge in [-0.3, -0.25) is 9.52 Å². The van der Waals surface area contributed by atoms with Crippen LogP contribution >= 0.6 is 0 Å². The fourth-order valence-electron chi connectivity index (χ4n) is 2.83. The maximum absolute atomic E-state index is 12.6. The smallest absolute Gasteiger partial charge is 0.263 e. The maximum atomic E-state index is 12.6. The first-order valence-corrected chi connectivity index (χ1v) is 10.7. The lowest BCUT2D eigenvalue weighted by atomic mass is 10.2. The van der Waals surface area contributed by atoms with E-state index in [0.29, 0.717) is 34.3 Å². The van der Waals surface area contributed by atoms with Gasteiger partial charge in [0.2, 0.25) is 0 Å². The molecule has 1 aromatic heterocycles. The van der Waals surface area contributed by atoms with Crippen LogP contribution in [0.25, 0.3) is 0 Å². The number of rotatable bonds is 7. The van der Waals surface area contributed by atoms with Crippen LogP contribution in [0.2, 0.25) is 0 Å². The fourth-order valence-corrected chi connectivity index (χ4v) is 3.82. The summed E-state index contributed by atoms with van der Waals surface area (Å²) in [6.07, 6.45) is 0. The third-order valence-corrected chi connectivity index (χ3v) is 5.61. The minimum Gasteiger partial charge on any atom is -0.497 e. The van der Waals surface area contributed by atoms with Crippen LogP contribution in [-0.2, 0) is 10.0 Å². The molecule has 3 aromatic rings. The van der Waals surface area contributed by atoms with Gasteiger partial charge in [-0.2, -0.15) is 0 Å². The van der Waals surface area contributed by atoms with Gasteiger partial charge in [-0.1, -0.05) is 0 Å². The molecule has 162 valence electrons. The summed E-state index contributed by atoms with van der Waals surface area (Å²) in [6.45, 7) is 3.43. The average molecular weight is 442 g/mol. The molecule has 0 saturated carbocycles. The number of hydrogen-bond acceptors (Lipinski definition) is 7. The predicted octanol–water partition coefficient (Wildman–Crippen LogP) is 3.16. The number of carbonyl (C=O) groups is 1. The molecule has 2 aromatic carbocycles. The molecular formula is C21H22N4O5S. The van der Waals surface area contributed by atoms with Gasteiger partial charge < -0.3 is 14.8 Å². The summed E-state index contributed by atoms with van der Waals surface area (Å²) in [4.78, 5) is 20.8. The number of ether oxygens (including phenoxy) is 2. The van der Waals surface area contributed by atoms with Crippen molar-refractivity contribution in [1.82, 2.24) is 9.97 Å². The van der Waals surface area contributed by atoms with Crippen molar-refractivity contribution in [2.75, 3.05) is 24.3 Å². The first-order chi connectivity index (χ1) is 14.7. The van der Waals surface area contributed by atoms with E-state index >= 15 is 0 Å². The highest BCUT2D eigenvalue weighted by atomic mass is 32.2. The quantitative estimate of drug-likeness (QED) is 0.577. The second-order valence-corrected chi connectivity index (χ2v) is 8.31. The molecule has 10 heteroatoms. The van der Waals surface area contributed by atoms with E-state index in [2.05, 4.69) is 20.0 Å². The minimum absolute atomic E-state index is 0.0301. The van der Waals surface area contributed by atoms with Crippen LogP contribution in [0.4, 0.5) is 11.5 Å². The highest BCUT2D eigenvalue weighted by Crippen LogP contribution is 2.24. The van der Waals surface area contributed by atoms with E-state index in [4.69, 9.17) is 9.47 Å². The number of sulfonamides is 1. The van der Waals surface area contributed by atoms with Crippen LogP contribution in [0, 0.1) is 13.8 Å². The minimum atomic E-state index is -3.85. The molecule has 1 heterocycles. The molecule has 0 fully saturated rings. The van der Waals surface area contributed by atoms with Gasteiger partial charge in [-0.05, 0) is 50.2 Å². The molecule has 0 atom stereocenters. The molecule has 0 aliphatic rings. The Morgan fingerprint density at radius 3 is 2.06 bits per heavy atom. The van der Waals surface area contributed by atoms with Crippen molar-refractivity contribution in [2.24, 2.45) is 0 Å². The Bertz CT molecular complexity index is 1170. The Labute approximate surface area is 180 Å². The van der Waals surface area contributed by atoms with Gasteiger partial charge in [0, 0.05) is 29.1 Å². The highest BCUT2D eigenvalue weighted by Gasteiger charge is 2.16.